The SMILES string of the molecule is CC(=O)N[C@@H]1[C@@H](O[C@@H]2O[C@H](CO)[C@H](O[C@@H]3O[C@H](CO)[C@H](O[C@H]4O[C@H](CO)[C@@H](O)[C@H](O)[C@H]4NC(C)=O)[C@H](O)[C@H]3O)[C@H](O[C@]3(C(=O)O)C[C@H](O)[C@@H](NC(C)=O)[C@H]([C@H](O)[C@H](O)CO)O3)[C@H]2O)[C@@H](O)[C@@H](CO[C@@H]2O[C@H](CO)[C@@H](O)[C@H](O[C@@H]3O[C@H](CO)[C@@H](O)[C@H](O)[C@H]3NC(C)=O)[C@H]2NC(C)=O)O[C@@H]1O. The Morgan fingerprint density at radius 3 is 1.29 bits per heavy atom. The summed E-state index contributed by atoms with van der Waals surface area (Å²) in [7, 11) is 0. The Morgan fingerprint density at radius 1 is 0.414 bits per heavy atom. The Balaban J connectivity index is 1.23. The largest absolute Gasteiger partial charge is 0.477 e. The van der Waals surface area contributed by atoms with Crippen molar-refractivity contribution in [2.24, 2.45) is 0 Å². The highest BCUT2D eigenvalue weighted by Crippen LogP contribution is 2.41. The normalized spacial score (nSPS) is 44.9. The van der Waals surface area contributed by atoms with Gasteiger partial charge in [-0.05, 0) is 0 Å². The Bertz CT molecular complexity index is 2670. The monoisotopic (exact) mass is 1450 g/mol. The zero-order chi connectivity index (χ0) is 73.6. The van der Waals surface area contributed by atoms with Crippen molar-refractivity contribution >= 4 is 35.5 Å². The molecule has 99 heavy (non-hydrogen) atoms. The first-order chi connectivity index (χ1) is 46.6. The van der Waals surface area contributed by atoms with Gasteiger partial charge in [0, 0.05) is 41.0 Å². The second-order valence-corrected chi connectivity index (χ2v) is 24.7. The van der Waals surface area contributed by atoms with Crippen molar-refractivity contribution in [3.05, 3.63) is 0 Å². The van der Waals surface area contributed by atoms with E-state index in [4.69, 9.17) is 61.6 Å². The van der Waals surface area contributed by atoms with Crippen LogP contribution >= 0.6 is 0 Å². The van der Waals surface area contributed by atoms with Gasteiger partial charge >= 0.3 is 5.97 Å². The molecule has 7 aliphatic heterocycles. The molecule has 36 atom stereocenters. The standard InChI is InChI=1S/C55H91N5O39/c1-14(67)56-27-19(72)6-55(54(85)86,98-46(27)32(74)20(73)7-61)99-47-41(83)53(93-25(12-66)43(47)95-52-40(82)39(81)42(24(11-65)92-52)94-50-28(57-15(2)68)37(79)33(75)21(8-62)90-50)97-44-30(59-17(4)70)48(84)88-26(36(44)78)13-87-49-31(60-18(5)71)45(35(77)23(10-64)89-49)96-51-29(58-16(3)69)38(80)34(76)22(9-63)91-51/h19-53,61-66,72-84H,6-13H2,1-5H3,(H,56,67)(H,57,68)(H,58,69)(H,59,70)(H,60,71)(H,85,86)/t19-,20+,21+,22+,23+,24+,25+,26+,27+,28+,29+,30+,31+,32+,33+,34+,35+,36-,37+,38+,39+,40+,41+,42-,43-,44+,45+,46+,47+,48-,49+,50+,51-,52-,53-,55-/m0/s1. The van der Waals surface area contributed by atoms with Crippen molar-refractivity contribution in [2.45, 2.75) is 261 Å². The first-order valence-electron chi connectivity index (χ1n) is 31.2. The lowest BCUT2D eigenvalue weighted by Gasteiger charge is -2.52. The summed E-state index contributed by atoms with van der Waals surface area (Å²) in [6.07, 6.45) is -64.2. The summed E-state index contributed by atoms with van der Waals surface area (Å²) in [6.45, 7) is -2.79. The molecule has 44 nitrogen and oxygen atoms in total. The van der Waals surface area contributed by atoms with E-state index in [1.54, 1.807) is 0 Å². The number of amides is 5. The van der Waals surface area contributed by atoms with Gasteiger partial charge in [0.25, 0.3) is 5.79 Å². The number of ether oxygens (including phenoxy) is 13. The van der Waals surface area contributed by atoms with Crippen LogP contribution in [0.5, 0.6) is 0 Å². The fourth-order valence-electron chi connectivity index (χ4n) is 12.6. The van der Waals surface area contributed by atoms with Crippen molar-refractivity contribution in [3.8, 4) is 0 Å². The zero-order valence-corrected chi connectivity index (χ0v) is 53.6. The van der Waals surface area contributed by atoms with Crippen LogP contribution in [-0.2, 0) is 90.3 Å². The summed E-state index contributed by atoms with van der Waals surface area (Å²) in [5.41, 5.74) is 0. The predicted molar refractivity (Wildman–Crippen MR) is 307 cm³/mol. The average Bonchev–Trinajstić information content (AvgIpc) is 0.771. The van der Waals surface area contributed by atoms with Crippen LogP contribution in [-0.4, -0.2) is 404 Å². The van der Waals surface area contributed by atoms with E-state index in [0.717, 1.165) is 34.6 Å². The van der Waals surface area contributed by atoms with Crippen LogP contribution in [0.3, 0.4) is 0 Å². The molecular formula is C55H91N5O39. The third-order valence-electron chi connectivity index (χ3n) is 17.5. The first kappa shape index (κ1) is 81.8. The summed E-state index contributed by atoms with van der Waals surface area (Å²) in [4.78, 5) is 76.3. The van der Waals surface area contributed by atoms with Crippen LogP contribution in [0.25, 0.3) is 0 Å². The molecule has 570 valence electrons. The van der Waals surface area contributed by atoms with Crippen LogP contribution in [0.2, 0.25) is 0 Å². The van der Waals surface area contributed by atoms with E-state index in [1.165, 1.54) is 0 Å². The van der Waals surface area contributed by atoms with Crippen molar-refractivity contribution in [1.82, 2.24) is 26.6 Å². The number of aliphatic carboxylic acids is 1. The minimum Gasteiger partial charge on any atom is -0.477 e. The van der Waals surface area contributed by atoms with Gasteiger partial charge in [-0.1, -0.05) is 0 Å². The molecule has 0 unspecified atom stereocenters. The quantitative estimate of drug-likeness (QED) is 0.0363. The van der Waals surface area contributed by atoms with E-state index in [-0.39, 0.29) is 0 Å². The molecule has 0 aromatic heterocycles. The Labute approximate surface area is 560 Å². The zero-order valence-electron chi connectivity index (χ0n) is 53.6. The van der Waals surface area contributed by atoms with Gasteiger partial charge in [0.1, 0.15) is 165 Å². The Hall–Kier alpha value is -4.46. The number of carboxylic acid groups (broad SMARTS) is 1. The van der Waals surface area contributed by atoms with Gasteiger partial charge in [-0.3, -0.25) is 24.0 Å². The summed E-state index contributed by atoms with van der Waals surface area (Å²) < 4.78 is 76.7. The van der Waals surface area contributed by atoms with Gasteiger partial charge in [-0.25, -0.2) is 4.79 Å². The van der Waals surface area contributed by atoms with Gasteiger partial charge in [0.15, 0.2) is 37.7 Å². The second kappa shape index (κ2) is 35.3. The van der Waals surface area contributed by atoms with E-state index >= 15 is 0 Å². The molecule has 0 bridgehead atoms. The van der Waals surface area contributed by atoms with Gasteiger partial charge in [0.2, 0.25) is 29.5 Å². The van der Waals surface area contributed by atoms with E-state index in [0.29, 0.717) is 0 Å². The minimum absolute atomic E-state index is 0.787. The molecule has 7 aliphatic rings. The number of aliphatic hydroxyl groups is 19. The highest BCUT2D eigenvalue weighted by Gasteiger charge is 2.63. The van der Waals surface area contributed by atoms with Gasteiger partial charge in [-0.2, -0.15) is 0 Å². The molecule has 5 amide bonds. The highest BCUT2D eigenvalue weighted by molar-refractivity contribution is 5.77. The molecule has 0 aromatic rings. The highest BCUT2D eigenvalue weighted by atomic mass is 16.8. The Morgan fingerprint density at radius 2 is 0.808 bits per heavy atom. The molecule has 7 heterocycles. The molecule has 44 heteroatoms. The molecular weight excluding hydrogens is 1350 g/mol. The van der Waals surface area contributed by atoms with Gasteiger partial charge in [0.05, 0.1) is 58.4 Å². The van der Waals surface area contributed by atoms with Crippen LogP contribution in [0.15, 0.2) is 0 Å². The van der Waals surface area contributed by atoms with Crippen LogP contribution in [0, 0.1) is 0 Å². The van der Waals surface area contributed by atoms with E-state index in [2.05, 4.69) is 26.6 Å². The maximum atomic E-state index is 13.8. The maximum Gasteiger partial charge on any atom is 0.364 e. The molecule has 0 aromatic carbocycles. The second-order valence-electron chi connectivity index (χ2n) is 24.7. The average molecular weight is 1450 g/mol. The number of aliphatic hydroxyl groups excluding tert-OH is 19. The van der Waals surface area contributed by atoms with Gasteiger partial charge < -0.3 is 190 Å². The molecule has 0 spiro atoms. The summed E-state index contributed by atoms with van der Waals surface area (Å²) in [6, 6.07) is -8.82. The lowest BCUT2D eigenvalue weighted by Crippen LogP contribution is -2.72. The van der Waals surface area contributed by atoms with Crippen LogP contribution in [0.4, 0.5) is 0 Å². The summed E-state index contributed by atoms with van der Waals surface area (Å²) >= 11 is 0. The van der Waals surface area contributed by atoms with E-state index < -0.39 is 308 Å². The molecule has 7 rings (SSSR count). The number of carbonyl (C=O) groups is 6. The maximum absolute atomic E-state index is 13.8. The molecule has 0 radical (unpaired) electrons. The topological polar surface area (TPSA) is 687 Å². The number of carbonyl (C=O) groups excluding carboxylic acids is 5. The first-order valence-corrected chi connectivity index (χ1v) is 31.2. The fraction of sp³-hybridized carbons (Fsp3) is 0.891. The molecule has 7 fully saturated rings. The lowest BCUT2D eigenvalue weighted by molar-refractivity contribution is -0.404. The van der Waals surface area contributed by atoms with Crippen molar-refractivity contribution < 1.29 is 192 Å². The number of rotatable bonds is 27. The molecule has 25 N–H and O–H groups in total. The molecule has 7 saturated heterocycles. The summed E-state index contributed by atoms with van der Waals surface area (Å²) in [5.74, 6) is -10.0. The van der Waals surface area contributed by atoms with Gasteiger partial charge in [-0.15, -0.1) is 0 Å². The third kappa shape index (κ3) is 18.6. The molecule has 0 aliphatic carbocycles. The van der Waals surface area contributed by atoms with Crippen LogP contribution in [0.1, 0.15) is 41.0 Å². The van der Waals surface area contributed by atoms with Crippen molar-refractivity contribution in [1.29, 1.82) is 0 Å². The predicted octanol–water partition coefficient (Wildman–Crippen LogP) is -16.4. The van der Waals surface area contributed by atoms with E-state index in [9.17, 15) is 131 Å². The van der Waals surface area contributed by atoms with Crippen molar-refractivity contribution in [2.75, 3.05) is 46.2 Å². The number of hydrogen-bond donors (Lipinski definition) is 25. The number of nitrogens with one attached hydrogen (secondary N) is 5. The number of carboxylic acids is 1. The lowest BCUT2D eigenvalue weighted by atomic mass is 9.88. The smallest absolute Gasteiger partial charge is 0.364 e. The van der Waals surface area contributed by atoms with E-state index in [1.807, 2.05) is 0 Å². The fourth-order valence-corrected chi connectivity index (χ4v) is 12.6. The summed E-state index contributed by atoms with van der Waals surface area (Å²) in [5, 5.41) is 233. The third-order valence-corrected chi connectivity index (χ3v) is 17.5. The Kier molecular flexibility index (Phi) is 29.2. The van der Waals surface area contributed by atoms with Crippen molar-refractivity contribution in [3.63, 3.8) is 0 Å². The minimum atomic E-state index is -3.47. The number of hydrogen-bond acceptors (Lipinski definition) is 38. The van der Waals surface area contributed by atoms with Crippen LogP contribution < -0.4 is 26.6 Å². The molecule has 0 saturated carbocycles.